The number of carbonyl (C=O) groups is 1. The lowest BCUT2D eigenvalue weighted by molar-refractivity contribution is -0.112. The zero-order valence-corrected chi connectivity index (χ0v) is 18.4. The molecule has 1 aliphatic heterocycles. The third-order valence-corrected chi connectivity index (χ3v) is 5.40. The Bertz CT molecular complexity index is 1130. The predicted octanol–water partition coefficient (Wildman–Crippen LogP) is 5.40. The molecule has 31 heavy (non-hydrogen) atoms. The second kappa shape index (κ2) is 8.65. The van der Waals surface area contributed by atoms with Crippen molar-refractivity contribution in [2.75, 3.05) is 23.9 Å². The van der Waals surface area contributed by atoms with Crippen molar-refractivity contribution in [2.45, 2.75) is 33.2 Å². The van der Waals surface area contributed by atoms with Crippen LogP contribution >= 0.6 is 0 Å². The van der Waals surface area contributed by atoms with Crippen LogP contribution in [0.15, 0.2) is 48.0 Å². The van der Waals surface area contributed by atoms with Gasteiger partial charge in [-0.3, -0.25) is 4.79 Å². The van der Waals surface area contributed by atoms with Crippen molar-refractivity contribution in [3.63, 3.8) is 0 Å². The van der Waals surface area contributed by atoms with Crippen LogP contribution in [0.3, 0.4) is 0 Å². The fourth-order valence-corrected chi connectivity index (χ4v) is 4.01. The number of methoxy groups -OCH3 is 1. The molecule has 160 valence electrons. The Morgan fingerprint density at radius 2 is 2.06 bits per heavy atom. The highest BCUT2D eigenvalue weighted by molar-refractivity contribution is 6.09. The number of hydrogen-bond acceptors (Lipinski definition) is 4. The summed E-state index contributed by atoms with van der Waals surface area (Å²) < 4.78 is 20.1. The van der Waals surface area contributed by atoms with Crippen LogP contribution in [0.2, 0.25) is 0 Å². The van der Waals surface area contributed by atoms with Crippen LogP contribution in [0.1, 0.15) is 38.8 Å². The maximum atomic E-state index is 15.0. The minimum absolute atomic E-state index is 0.188. The smallest absolute Gasteiger partial charge is 0.266 e. The van der Waals surface area contributed by atoms with Crippen molar-refractivity contribution >= 4 is 28.9 Å². The van der Waals surface area contributed by atoms with E-state index in [1.54, 1.807) is 30.3 Å². The zero-order chi connectivity index (χ0) is 22.8. The molecule has 0 unspecified atom stereocenters. The molecule has 1 heterocycles. The van der Waals surface area contributed by atoms with Gasteiger partial charge in [-0.15, -0.1) is 0 Å². The number of halogens is 1. The molecule has 0 bridgehead atoms. The number of hydrogen-bond donors (Lipinski definition) is 1. The average molecular weight is 420 g/mol. The van der Waals surface area contributed by atoms with Crippen LogP contribution < -0.4 is 15.0 Å². The number of amides is 1. The maximum Gasteiger partial charge on any atom is 0.266 e. The van der Waals surface area contributed by atoms with Crippen LogP contribution in [-0.4, -0.2) is 25.1 Å². The van der Waals surface area contributed by atoms with Gasteiger partial charge in [0.1, 0.15) is 23.2 Å². The fraction of sp³-hybridized carbons (Fsp3) is 0.280. The Balaban J connectivity index is 1.97. The summed E-state index contributed by atoms with van der Waals surface area (Å²) in [4.78, 5) is 14.7. The molecule has 0 saturated heterocycles. The molecule has 6 heteroatoms. The quantitative estimate of drug-likeness (QED) is 0.520. The minimum Gasteiger partial charge on any atom is -0.497 e. The highest BCUT2D eigenvalue weighted by atomic mass is 19.1. The molecular formula is C25H26FN3O2. The number of nitrogens with zero attached hydrogens (tertiary/aromatic N) is 2. The van der Waals surface area contributed by atoms with Gasteiger partial charge in [0.05, 0.1) is 12.6 Å². The number of benzene rings is 2. The van der Waals surface area contributed by atoms with E-state index in [1.165, 1.54) is 19.3 Å². The summed E-state index contributed by atoms with van der Waals surface area (Å²) in [6.07, 6.45) is 3.43. The molecule has 0 aliphatic carbocycles. The van der Waals surface area contributed by atoms with Gasteiger partial charge in [-0.25, -0.2) is 4.39 Å². The van der Waals surface area contributed by atoms with Gasteiger partial charge in [0.25, 0.3) is 5.91 Å². The number of likely N-dealkylation sites (N-methyl/N-ethyl adjacent to an activating group) is 1. The summed E-state index contributed by atoms with van der Waals surface area (Å²) >= 11 is 0. The van der Waals surface area contributed by atoms with Crippen molar-refractivity contribution < 1.29 is 13.9 Å². The second-order valence-electron chi connectivity index (χ2n) is 7.97. The molecule has 1 N–H and O–H groups in total. The van der Waals surface area contributed by atoms with E-state index in [-0.39, 0.29) is 16.7 Å². The first-order chi connectivity index (χ1) is 14.7. The van der Waals surface area contributed by atoms with Gasteiger partial charge in [-0.05, 0) is 63.6 Å². The topological polar surface area (TPSA) is 65.4 Å². The summed E-state index contributed by atoms with van der Waals surface area (Å²) in [7, 11) is 1.53. The Morgan fingerprint density at radius 3 is 2.71 bits per heavy atom. The molecule has 0 aromatic heterocycles. The molecule has 1 aliphatic rings. The van der Waals surface area contributed by atoms with E-state index in [4.69, 9.17) is 4.74 Å². The van der Waals surface area contributed by atoms with Gasteiger partial charge in [0.2, 0.25) is 0 Å². The fourth-order valence-electron chi connectivity index (χ4n) is 4.01. The molecule has 0 fully saturated rings. The number of anilines is 2. The summed E-state index contributed by atoms with van der Waals surface area (Å²) in [5.74, 6) is -0.521. The lowest BCUT2D eigenvalue weighted by Gasteiger charge is -2.42. The van der Waals surface area contributed by atoms with E-state index in [0.29, 0.717) is 11.4 Å². The Labute approximate surface area is 182 Å². The molecular weight excluding hydrogens is 393 g/mol. The largest absolute Gasteiger partial charge is 0.497 e. The number of fused-ring (bicyclic) bond motifs is 1. The van der Waals surface area contributed by atoms with E-state index < -0.39 is 11.7 Å². The van der Waals surface area contributed by atoms with E-state index in [9.17, 15) is 10.1 Å². The first-order valence-corrected chi connectivity index (χ1v) is 10.1. The third-order valence-electron chi connectivity index (χ3n) is 5.40. The summed E-state index contributed by atoms with van der Waals surface area (Å²) in [5, 5.41) is 12.2. The third kappa shape index (κ3) is 4.46. The van der Waals surface area contributed by atoms with Gasteiger partial charge in [-0.2, -0.15) is 5.26 Å². The van der Waals surface area contributed by atoms with Gasteiger partial charge in [0, 0.05) is 35.1 Å². The number of nitriles is 1. The number of ether oxygens (including phenoxy) is 1. The Kier molecular flexibility index (Phi) is 6.16. The molecule has 0 saturated carbocycles. The lowest BCUT2D eigenvalue weighted by atomic mass is 9.87. The number of allylic oxidation sites excluding steroid dienone is 1. The van der Waals surface area contributed by atoms with Crippen LogP contribution in [0.5, 0.6) is 5.75 Å². The molecule has 0 atom stereocenters. The van der Waals surface area contributed by atoms with Crippen LogP contribution in [-0.2, 0) is 4.79 Å². The van der Waals surface area contributed by atoms with E-state index >= 15 is 4.39 Å². The Morgan fingerprint density at radius 1 is 1.32 bits per heavy atom. The molecule has 0 spiro atoms. The van der Waals surface area contributed by atoms with Gasteiger partial charge in [0.15, 0.2) is 0 Å². The molecule has 3 rings (SSSR count). The summed E-state index contributed by atoms with van der Waals surface area (Å²) in [5.41, 5.74) is 2.98. The summed E-state index contributed by atoms with van der Waals surface area (Å²) in [6, 6.07) is 11.9. The van der Waals surface area contributed by atoms with Gasteiger partial charge >= 0.3 is 0 Å². The highest BCUT2D eigenvalue weighted by Crippen LogP contribution is 2.40. The van der Waals surface area contributed by atoms with E-state index in [1.807, 2.05) is 19.9 Å². The Hall–Kier alpha value is -3.59. The number of rotatable bonds is 5. The highest BCUT2D eigenvalue weighted by Gasteiger charge is 2.31. The standard InChI is InChI=1S/C25H26FN3O2/c1-6-29-23-13-22(26)17(11-21(23)16(2)14-25(29,3)4)10-18(15-27)24(30)28-19-8-7-9-20(12-19)31-5/h7-14H,6H2,1-5H3,(H,28,30)/b18-10+. The van der Waals surface area contributed by atoms with Crippen LogP contribution in [0, 0.1) is 17.1 Å². The normalized spacial score (nSPS) is 14.9. The predicted molar refractivity (Wildman–Crippen MR) is 122 cm³/mol. The van der Waals surface area contributed by atoms with Crippen molar-refractivity contribution in [3.05, 3.63) is 65.0 Å². The minimum atomic E-state index is -0.614. The van der Waals surface area contributed by atoms with Crippen molar-refractivity contribution in [3.8, 4) is 11.8 Å². The second-order valence-corrected chi connectivity index (χ2v) is 7.97. The number of nitrogens with one attached hydrogen (secondary N) is 1. The van der Waals surface area contributed by atoms with E-state index in [2.05, 4.69) is 30.1 Å². The number of carbonyl (C=O) groups excluding carboxylic acids is 1. The summed E-state index contributed by atoms with van der Waals surface area (Å²) in [6.45, 7) is 8.92. The molecule has 2 aromatic carbocycles. The molecule has 5 nitrogen and oxygen atoms in total. The molecule has 0 radical (unpaired) electrons. The van der Waals surface area contributed by atoms with Crippen molar-refractivity contribution in [1.82, 2.24) is 0 Å². The molecule has 2 aromatic rings. The first kappa shape index (κ1) is 22.1. The van der Waals surface area contributed by atoms with E-state index in [0.717, 1.165) is 23.4 Å². The monoisotopic (exact) mass is 419 g/mol. The SMILES string of the molecule is CCN1c2cc(F)c(/C=C(\C#N)C(=O)Nc3cccc(OC)c3)cc2C(C)=CC1(C)C. The maximum absolute atomic E-state index is 15.0. The van der Waals surface area contributed by atoms with Gasteiger partial charge in [-0.1, -0.05) is 12.1 Å². The van der Waals surface area contributed by atoms with Crippen LogP contribution in [0.25, 0.3) is 11.6 Å². The lowest BCUT2D eigenvalue weighted by Crippen LogP contribution is -2.45. The zero-order valence-electron chi connectivity index (χ0n) is 18.4. The average Bonchev–Trinajstić information content (AvgIpc) is 2.72. The van der Waals surface area contributed by atoms with Crippen LogP contribution in [0.4, 0.5) is 15.8 Å². The molecule has 1 amide bonds. The van der Waals surface area contributed by atoms with Crippen molar-refractivity contribution in [1.29, 1.82) is 5.26 Å². The van der Waals surface area contributed by atoms with Crippen molar-refractivity contribution in [2.24, 2.45) is 0 Å². The van der Waals surface area contributed by atoms with Gasteiger partial charge < -0.3 is 15.0 Å². The first-order valence-electron chi connectivity index (χ1n) is 10.1.